The molecule has 3 aromatic carbocycles. The van der Waals surface area contributed by atoms with Crippen LogP contribution in [0.2, 0.25) is 0 Å². The lowest BCUT2D eigenvalue weighted by molar-refractivity contribution is 0.190. The summed E-state index contributed by atoms with van der Waals surface area (Å²) in [6.07, 6.45) is -0.326. The van der Waals surface area contributed by atoms with Gasteiger partial charge in [-0.05, 0) is 48.9 Å². The molecule has 4 heteroatoms. The highest BCUT2D eigenvalue weighted by Gasteiger charge is 2.16. The van der Waals surface area contributed by atoms with Crippen molar-refractivity contribution in [1.29, 1.82) is 0 Å². The van der Waals surface area contributed by atoms with Crippen LogP contribution in [0.4, 0.5) is 0 Å². The van der Waals surface area contributed by atoms with Gasteiger partial charge in [-0.3, -0.25) is 0 Å². The molecule has 0 radical (unpaired) electrons. The molecule has 4 rings (SSSR count). The Morgan fingerprint density at radius 2 is 1.64 bits per heavy atom. The van der Waals surface area contributed by atoms with Gasteiger partial charge in [-0.1, -0.05) is 48.0 Å². The second-order valence-electron chi connectivity index (χ2n) is 6.08. The molecule has 25 heavy (non-hydrogen) atoms. The number of aryl methyl sites for hydroxylation is 1. The Bertz CT molecular complexity index is 1010. The fourth-order valence-corrected chi connectivity index (χ4v) is 2.71. The van der Waals surface area contributed by atoms with Crippen LogP contribution in [0.15, 0.2) is 71.1 Å². The summed E-state index contributed by atoms with van der Waals surface area (Å²) < 4.78 is 11.8. The Hall–Kier alpha value is -3.14. The molecule has 0 saturated carbocycles. The highest BCUT2D eigenvalue weighted by molar-refractivity contribution is 5.83. The fourth-order valence-electron chi connectivity index (χ4n) is 2.71. The summed E-state index contributed by atoms with van der Waals surface area (Å²) in [6, 6.07) is 22.2. The van der Waals surface area contributed by atoms with Gasteiger partial charge in [0.1, 0.15) is 5.75 Å². The Morgan fingerprint density at radius 3 is 2.44 bits per heavy atom. The number of hydrogen-bond acceptors (Lipinski definition) is 4. The van der Waals surface area contributed by atoms with Gasteiger partial charge >= 0.3 is 0 Å². The molecule has 1 unspecified atom stereocenters. The highest BCUT2D eigenvalue weighted by atomic mass is 16.5. The number of fused-ring (bicyclic) bond motifs is 1. The molecule has 0 aliphatic carbocycles. The zero-order valence-corrected chi connectivity index (χ0v) is 14.1. The molecule has 1 aromatic heterocycles. The van der Waals surface area contributed by atoms with E-state index in [1.165, 1.54) is 10.9 Å². The van der Waals surface area contributed by atoms with Crippen molar-refractivity contribution < 1.29 is 9.15 Å². The number of nitrogens with zero attached hydrogens (tertiary/aromatic N) is 2. The van der Waals surface area contributed by atoms with Crippen LogP contribution in [-0.2, 0) is 0 Å². The topological polar surface area (TPSA) is 48.2 Å². The van der Waals surface area contributed by atoms with Crippen molar-refractivity contribution in [3.8, 4) is 17.2 Å². The summed E-state index contributed by atoms with van der Waals surface area (Å²) in [4.78, 5) is 0. The summed E-state index contributed by atoms with van der Waals surface area (Å²) >= 11 is 0. The van der Waals surface area contributed by atoms with Crippen LogP contribution in [0.3, 0.4) is 0 Å². The zero-order chi connectivity index (χ0) is 17.2. The second kappa shape index (κ2) is 6.40. The number of hydrogen-bond donors (Lipinski definition) is 0. The van der Waals surface area contributed by atoms with E-state index >= 15 is 0 Å². The Kier molecular flexibility index (Phi) is 3.94. The summed E-state index contributed by atoms with van der Waals surface area (Å²) in [7, 11) is 0. The average Bonchev–Trinajstić information content (AvgIpc) is 3.12. The van der Waals surface area contributed by atoms with Gasteiger partial charge in [-0.25, -0.2) is 0 Å². The maximum Gasteiger partial charge on any atom is 0.257 e. The largest absolute Gasteiger partial charge is 0.481 e. The molecule has 0 aliphatic rings. The lowest BCUT2D eigenvalue weighted by Crippen LogP contribution is -2.03. The molecule has 4 aromatic rings. The van der Waals surface area contributed by atoms with Crippen molar-refractivity contribution in [2.45, 2.75) is 20.0 Å². The predicted molar refractivity (Wildman–Crippen MR) is 97.5 cm³/mol. The van der Waals surface area contributed by atoms with Crippen LogP contribution in [0.1, 0.15) is 24.5 Å². The van der Waals surface area contributed by atoms with Crippen LogP contribution in [0.5, 0.6) is 5.75 Å². The molecule has 4 nitrogen and oxygen atoms in total. The molecule has 0 N–H and O–H groups in total. The van der Waals surface area contributed by atoms with Crippen molar-refractivity contribution in [1.82, 2.24) is 10.2 Å². The van der Waals surface area contributed by atoms with Crippen LogP contribution >= 0.6 is 0 Å². The van der Waals surface area contributed by atoms with Crippen LogP contribution < -0.4 is 4.74 Å². The molecule has 124 valence electrons. The summed E-state index contributed by atoms with van der Waals surface area (Å²) in [5.74, 6) is 1.74. The summed E-state index contributed by atoms with van der Waals surface area (Å²) in [6.45, 7) is 3.95. The van der Waals surface area contributed by atoms with Crippen molar-refractivity contribution in [2.24, 2.45) is 0 Å². The molecule has 0 bridgehead atoms. The van der Waals surface area contributed by atoms with Crippen molar-refractivity contribution in [3.05, 3.63) is 78.2 Å². The van der Waals surface area contributed by atoms with E-state index in [2.05, 4.69) is 22.3 Å². The normalized spacial score (nSPS) is 12.2. The molecule has 0 amide bonds. The van der Waals surface area contributed by atoms with E-state index in [1.807, 2.05) is 68.4 Å². The first-order valence-electron chi connectivity index (χ1n) is 8.25. The van der Waals surface area contributed by atoms with Crippen LogP contribution in [-0.4, -0.2) is 10.2 Å². The Labute approximate surface area is 146 Å². The second-order valence-corrected chi connectivity index (χ2v) is 6.08. The van der Waals surface area contributed by atoms with Gasteiger partial charge in [0.15, 0.2) is 6.10 Å². The first-order valence-corrected chi connectivity index (χ1v) is 8.25. The van der Waals surface area contributed by atoms with E-state index in [4.69, 9.17) is 9.15 Å². The van der Waals surface area contributed by atoms with E-state index < -0.39 is 0 Å². The SMILES string of the molecule is Cc1ccc(-c2nnc(C(C)Oc3ccc4ccccc4c3)o2)cc1. The third kappa shape index (κ3) is 3.24. The quantitative estimate of drug-likeness (QED) is 0.507. The first kappa shape index (κ1) is 15.4. The van der Waals surface area contributed by atoms with Crippen molar-refractivity contribution >= 4 is 10.8 Å². The third-order valence-electron chi connectivity index (χ3n) is 4.12. The van der Waals surface area contributed by atoms with Crippen molar-refractivity contribution in [2.75, 3.05) is 0 Å². The molecule has 0 spiro atoms. The predicted octanol–water partition coefficient (Wildman–Crippen LogP) is 5.34. The molecule has 0 saturated heterocycles. The van der Waals surface area contributed by atoms with Gasteiger partial charge in [-0.15, -0.1) is 10.2 Å². The zero-order valence-electron chi connectivity index (χ0n) is 14.1. The number of rotatable bonds is 4. The standard InChI is InChI=1S/C21H18N2O2/c1-14-7-9-17(10-8-14)21-23-22-20(25-21)15(2)24-19-12-11-16-5-3-4-6-18(16)13-19/h3-13,15H,1-2H3. The van der Waals surface area contributed by atoms with Crippen molar-refractivity contribution in [3.63, 3.8) is 0 Å². The maximum absolute atomic E-state index is 5.98. The highest BCUT2D eigenvalue weighted by Crippen LogP contribution is 2.27. The lowest BCUT2D eigenvalue weighted by atomic mass is 10.1. The molecular formula is C21H18N2O2. The van der Waals surface area contributed by atoms with E-state index in [1.54, 1.807) is 0 Å². The van der Waals surface area contributed by atoms with Gasteiger partial charge in [0.2, 0.25) is 5.89 Å². The van der Waals surface area contributed by atoms with Gasteiger partial charge < -0.3 is 9.15 Å². The Balaban J connectivity index is 1.54. The molecule has 1 heterocycles. The van der Waals surface area contributed by atoms with Crippen LogP contribution in [0.25, 0.3) is 22.2 Å². The third-order valence-corrected chi connectivity index (χ3v) is 4.12. The fraction of sp³-hybridized carbons (Fsp3) is 0.143. The summed E-state index contributed by atoms with van der Waals surface area (Å²) in [5.41, 5.74) is 2.10. The van der Waals surface area contributed by atoms with E-state index in [0.29, 0.717) is 11.8 Å². The van der Waals surface area contributed by atoms with Gasteiger partial charge in [0.05, 0.1) is 0 Å². The minimum atomic E-state index is -0.326. The van der Waals surface area contributed by atoms with E-state index in [0.717, 1.165) is 16.7 Å². The van der Waals surface area contributed by atoms with Gasteiger partial charge in [0, 0.05) is 5.56 Å². The summed E-state index contributed by atoms with van der Waals surface area (Å²) in [5, 5.41) is 10.6. The lowest BCUT2D eigenvalue weighted by Gasteiger charge is -2.11. The van der Waals surface area contributed by atoms with E-state index in [9.17, 15) is 0 Å². The van der Waals surface area contributed by atoms with Gasteiger partial charge in [-0.2, -0.15) is 0 Å². The molecular weight excluding hydrogens is 312 g/mol. The molecule has 1 atom stereocenters. The maximum atomic E-state index is 5.98. The first-order chi connectivity index (χ1) is 12.2. The number of ether oxygens (including phenoxy) is 1. The Morgan fingerprint density at radius 1 is 0.880 bits per heavy atom. The minimum absolute atomic E-state index is 0.326. The monoisotopic (exact) mass is 330 g/mol. The average molecular weight is 330 g/mol. The smallest absolute Gasteiger partial charge is 0.257 e. The molecule has 0 fully saturated rings. The minimum Gasteiger partial charge on any atom is -0.481 e. The van der Waals surface area contributed by atoms with E-state index in [-0.39, 0.29) is 6.10 Å². The van der Waals surface area contributed by atoms with Gasteiger partial charge in [0.25, 0.3) is 5.89 Å². The number of aromatic nitrogens is 2. The molecule has 0 aliphatic heterocycles. The number of benzene rings is 3. The van der Waals surface area contributed by atoms with Crippen LogP contribution in [0, 0.1) is 6.92 Å².